The van der Waals surface area contributed by atoms with E-state index in [0.29, 0.717) is 17.1 Å². The molecule has 0 aliphatic carbocycles. The quantitative estimate of drug-likeness (QED) is 0.495. The second kappa shape index (κ2) is 7.89. The van der Waals surface area contributed by atoms with Gasteiger partial charge in [0.1, 0.15) is 6.04 Å². The van der Waals surface area contributed by atoms with Gasteiger partial charge in [0.25, 0.3) is 0 Å². The Bertz CT molecular complexity index is 1140. The third-order valence-electron chi connectivity index (χ3n) is 6.98. The number of likely N-dealkylation sites (tertiary alicyclic amines) is 1. The van der Waals surface area contributed by atoms with Gasteiger partial charge in [-0.15, -0.1) is 0 Å². The van der Waals surface area contributed by atoms with Crippen LogP contribution in [-0.4, -0.2) is 41.1 Å². The minimum atomic E-state index is -0.736. The first-order valence-corrected chi connectivity index (χ1v) is 11.5. The summed E-state index contributed by atoms with van der Waals surface area (Å²) in [6, 6.07) is 13.6. The SMILES string of the molecule is CCCCN1C(=O)[C@@H]2[C@H](C1=O)[C@H](C(=O)c1ccc(Cl)cc1)N1c3ccccc3C(C)=C[C@@H]21. The van der Waals surface area contributed by atoms with E-state index in [2.05, 4.69) is 6.08 Å². The number of carbonyl (C=O) groups excluding carboxylic acids is 3. The zero-order chi connectivity index (χ0) is 22.6. The summed E-state index contributed by atoms with van der Waals surface area (Å²) in [5.74, 6) is -1.77. The van der Waals surface area contributed by atoms with Gasteiger partial charge in [-0.1, -0.05) is 49.2 Å². The topological polar surface area (TPSA) is 57.7 Å². The number of unbranched alkanes of at least 4 members (excludes halogenated alkanes) is 1. The van der Waals surface area contributed by atoms with E-state index in [0.717, 1.165) is 29.7 Å². The van der Waals surface area contributed by atoms with Crippen LogP contribution in [0.25, 0.3) is 5.57 Å². The summed E-state index contributed by atoms with van der Waals surface area (Å²) in [7, 11) is 0. The summed E-state index contributed by atoms with van der Waals surface area (Å²) in [4.78, 5) is 44.2. The average Bonchev–Trinajstić information content (AvgIpc) is 3.25. The number of Topliss-reactive ketones (excluding diaryl/α,β-unsaturated/α-hetero) is 1. The van der Waals surface area contributed by atoms with Gasteiger partial charge in [-0.3, -0.25) is 19.3 Å². The number of anilines is 1. The molecule has 2 aromatic carbocycles. The Morgan fingerprint density at radius 2 is 1.69 bits per heavy atom. The molecule has 0 unspecified atom stereocenters. The van der Waals surface area contributed by atoms with Crippen molar-refractivity contribution in [3.8, 4) is 0 Å². The van der Waals surface area contributed by atoms with Crippen LogP contribution in [0.1, 0.15) is 42.6 Å². The standard InChI is InChI=1S/C26H25ClN2O3/c1-3-4-13-28-25(31)21-20-14-15(2)18-7-5-6-8-19(18)29(20)23(22(21)26(28)32)24(30)16-9-11-17(27)12-10-16/h5-12,14,20-23H,3-4,13H2,1-2H3/t20-,21-,22-,23+/m0/s1. The van der Waals surface area contributed by atoms with E-state index in [9.17, 15) is 14.4 Å². The second-order valence-corrected chi connectivity index (χ2v) is 9.25. The molecule has 3 heterocycles. The normalized spacial score (nSPS) is 26.0. The van der Waals surface area contributed by atoms with Gasteiger partial charge in [-0.25, -0.2) is 0 Å². The van der Waals surface area contributed by atoms with E-state index in [1.54, 1.807) is 24.3 Å². The zero-order valence-corrected chi connectivity index (χ0v) is 18.9. The number of imide groups is 1. The van der Waals surface area contributed by atoms with E-state index < -0.39 is 17.9 Å². The van der Waals surface area contributed by atoms with Gasteiger partial charge in [0.05, 0.1) is 17.9 Å². The fourth-order valence-corrected chi connectivity index (χ4v) is 5.61. The first kappa shape index (κ1) is 21.0. The first-order chi connectivity index (χ1) is 15.4. The minimum absolute atomic E-state index is 0.152. The number of ketones is 1. The number of allylic oxidation sites excluding steroid dienone is 1. The number of halogens is 1. The van der Waals surface area contributed by atoms with Gasteiger partial charge < -0.3 is 4.90 Å². The average molecular weight is 449 g/mol. The maximum absolute atomic E-state index is 13.8. The van der Waals surface area contributed by atoms with Crippen LogP contribution in [0.5, 0.6) is 0 Å². The summed E-state index contributed by atoms with van der Waals surface area (Å²) < 4.78 is 0. The van der Waals surface area contributed by atoms with Crippen LogP contribution in [0.15, 0.2) is 54.6 Å². The summed E-state index contributed by atoms with van der Waals surface area (Å²) in [6.07, 6.45) is 3.71. The number of fused-ring (bicyclic) bond motifs is 5. The molecule has 164 valence electrons. The molecular weight excluding hydrogens is 424 g/mol. The monoisotopic (exact) mass is 448 g/mol. The van der Waals surface area contributed by atoms with Crippen LogP contribution in [0.2, 0.25) is 5.02 Å². The van der Waals surface area contributed by atoms with Crippen molar-refractivity contribution in [2.24, 2.45) is 11.8 Å². The van der Waals surface area contributed by atoms with Gasteiger partial charge in [0.2, 0.25) is 11.8 Å². The summed E-state index contributed by atoms with van der Waals surface area (Å²) in [5.41, 5.74) is 3.49. The minimum Gasteiger partial charge on any atom is -0.352 e. The van der Waals surface area contributed by atoms with Gasteiger partial charge >= 0.3 is 0 Å². The maximum atomic E-state index is 13.8. The van der Waals surface area contributed by atoms with Crippen molar-refractivity contribution in [2.75, 3.05) is 11.4 Å². The highest BCUT2D eigenvalue weighted by atomic mass is 35.5. The van der Waals surface area contributed by atoms with Crippen LogP contribution in [0, 0.1) is 11.8 Å². The van der Waals surface area contributed by atoms with Crippen LogP contribution in [0.3, 0.4) is 0 Å². The van der Waals surface area contributed by atoms with Gasteiger partial charge in [-0.2, -0.15) is 0 Å². The highest BCUT2D eigenvalue weighted by molar-refractivity contribution is 6.30. The molecule has 4 atom stereocenters. The highest BCUT2D eigenvalue weighted by Gasteiger charge is 2.64. The van der Waals surface area contributed by atoms with Crippen molar-refractivity contribution in [1.82, 2.24) is 4.90 Å². The van der Waals surface area contributed by atoms with E-state index in [4.69, 9.17) is 11.6 Å². The molecule has 0 bridgehead atoms. The van der Waals surface area contributed by atoms with Crippen LogP contribution in [-0.2, 0) is 9.59 Å². The van der Waals surface area contributed by atoms with E-state index in [1.165, 1.54) is 4.90 Å². The third-order valence-corrected chi connectivity index (χ3v) is 7.23. The van der Waals surface area contributed by atoms with Crippen LogP contribution >= 0.6 is 11.6 Å². The maximum Gasteiger partial charge on any atom is 0.235 e. The summed E-state index contributed by atoms with van der Waals surface area (Å²) in [5, 5.41) is 0.545. The first-order valence-electron chi connectivity index (χ1n) is 11.1. The second-order valence-electron chi connectivity index (χ2n) is 8.81. The Hall–Kier alpha value is -2.92. The molecule has 3 aliphatic rings. The number of benzene rings is 2. The molecule has 2 aromatic rings. The van der Waals surface area contributed by atoms with Gasteiger partial charge in [-0.05, 0) is 49.2 Å². The molecule has 0 spiro atoms. The molecule has 0 radical (unpaired) electrons. The smallest absolute Gasteiger partial charge is 0.235 e. The largest absolute Gasteiger partial charge is 0.352 e. The zero-order valence-electron chi connectivity index (χ0n) is 18.1. The van der Waals surface area contributed by atoms with Crippen molar-refractivity contribution in [3.05, 3.63) is 70.8 Å². The summed E-state index contributed by atoms with van der Waals surface area (Å²) in [6.45, 7) is 4.47. The number of nitrogens with zero attached hydrogens (tertiary/aromatic N) is 2. The Kier molecular flexibility index (Phi) is 5.17. The molecule has 5 rings (SSSR count). The molecule has 2 amide bonds. The van der Waals surface area contributed by atoms with E-state index >= 15 is 0 Å². The van der Waals surface area contributed by atoms with Crippen molar-refractivity contribution >= 4 is 40.5 Å². The molecule has 2 saturated heterocycles. The number of para-hydroxylation sites is 1. The van der Waals surface area contributed by atoms with Crippen molar-refractivity contribution in [1.29, 1.82) is 0 Å². The molecule has 32 heavy (non-hydrogen) atoms. The molecule has 0 N–H and O–H groups in total. The van der Waals surface area contributed by atoms with Crippen LogP contribution in [0.4, 0.5) is 5.69 Å². The summed E-state index contributed by atoms with van der Waals surface area (Å²) >= 11 is 6.03. The van der Waals surface area contributed by atoms with Crippen LogP contribution < -0.4 is 4.90 Å². The van der Waals surface area contributed by atoms with Crippen molar-refractivity contribution in [3.63, 3.8) is 0 Å². The molecular formula is C26H25ClN2O3. The predicted octanol–water partition coefficient (Wildman–Crippen LogP) is 4.60. The Balaban J connectivity index is 1.64. The molecule has 2 fully saturated rings. The number of hydrogen-bond donors (Lipinski definition) is 0. The number of hydrogen-bond acceptors (Lipinski definition) is 4. The van der Waals surface area contributed by atoms with E-state index in [1.807, 2.05) is 43.0 Å². The van der Waals surface area contributed by atoms with Gasteiger partial charge in [0.15, 0.2) is 5.78 Å². The number of carbonyl (C=O) groups is 3. The van der Waals surface area contributed by atoms with E-state index in [-0.39, 0.29) is 23.6 Å². The number of rotatable bonds is 5. The highest BCUT2D eigenvalue weighted by Crippen LogP contribution is 2.50. The predicted molar refractivity (Wildman–Crippen MR) is 125 cm³/mol. The van der Waals surface area contributed by atoms with Gasteiger partial charge in [0, 0.05) is 28.4 Å². The molecule has 5 nitrogen and oxygen atoms in total. The lowest BCUT2D eigenvalue weighted by Gasteiger charge is -2.38. The lowest BCUT2D eigenvalue weighted by molar-refractivity contribution is -0.140. The fourth-order valence-electron chi connectivity index (χ4n) is 5.48. The number of amides is 2. The van der Waals surface area contributed by atoms with Crippen molar-refractivity contribution < 1.29 is 14.4 Å². The Morgan fingerprint density at radius 3 is 2.41 bits per heavy atom. The molecule has 0 saturated carbocycles. The molecule has 3 aliphatic heterocycles. The molecule has 6 heteroatoms. The molecule has 0 aromatic heterocycles. The van der Waals surface area contributed by atoms with Crippen molar-refractivity contribution in [2.45, 2.75) is 38.8 Å². The lowest BCUT2D eigenvalue weighted by atomic mass is 9.85. The Morgan fingerprint density at radius 1 is 1.00 bits per heavy atom. The lowest BCUT2D eigenvalue weighted by Crippen LogP contribution is -2.49. The Labute approximate surface area is 192 Å². The fraction of sp³-hybridized carbons (Fsp3) is 0.346. The third kappa shape index (κ3) is 3.02.